The van der Waals surface area contributed by atoms with Crippen molar-refractivity contribution < 1.29 is 22.0 Å². The van der Waals surface area contributed by atoms with Gasteiger partial charge < -0.3 is 4.90 Å². The number of carbonyl (C=O) groups is 1. The Balaban J connectivity index is 2.33. The standard InChI is InChI=1S/C19H20BrF2NO3S/c1-3-12-23(13(2)16-6-4-5-7-17(16)20)18(24)14-8-10-15(11-9-14)27(25,26)19(21)22/h4-11,13,19H,3,12H2,1-2H3. The fourth-order valence-electron chi connectivity index (χ4n) is 2.75. The van der Waals surface area contributed by atoms with Crippen molar-refractivity contribution in [2.75, 3.05) is 6.54 Å². The van der Waals surface area contributed by atoms with E-state index in [1.807, 2.05) is 38.1 Å². The van der Waals surface area contributed by atoms with E-state index in [1.54, 1.807) is 4.90 Å². The molecule has 0 aliphatic rings. The average Bonchev–Trinajstić information content (AvgIpc) is 2.65. The first kappa shape index (κ1) is 21.5. The van der Waals surface area contributed by atoms with Crippen molar-refractivity contribution >= 4 is 31.7 Å². The van der Waals surface area contributed by atoms with Gasteiger partial charge in [0.15, 0.2) is 0 Å². The molecule has 0 bridgehead atoms. The lowest BCUT2D eigenvalue weighted by Crippen LogP contribution is -2.34. The van der Waals surface area contributed by atoms with Gasteiger partial charge in [0.2, 0.25) is 9.84 Å². The Morgan fingerprint density at radius 3 is 2.22 bits per heavy atom. The number of carbonyl (C=O) groups excluding carboxylic acids is 1. The summed E-state index contributed by atoms with van der Waals surface area (Å²) in [6.45, 7) is 4.35. The highest BCUT2D eigenvalue weighted by atomic mass is 79.9. The third-order valence-corrected chi connectivity index (χ3v) is 6.33. The summed E-state index contributed by atoms with van der Waals surface area (Å²) in [5, 5.41) is 0. The number of rotatable bonds is 7. The van der Waals surface area contributed by atoms with Crippen molar-refractivity contribution in [2.24, 2.45) is 0 Å². The predicted octanol–water partition coefficient (Wildman–Crippen LogP) is 5.06. The normalized spacial score (nSPS) is 12.8. The van der Waals surface area contributed by atoms with E-state index in [-0.39, 0.29) is 17.5 Å². The smallest absolute Gasteiger partial charge is 0.332 e. The molecule has 2 rings (SSSR count). The van der Waals surface area contributed by atoms with Crippen LogP contribution in [0.2, 0.25) is 0 Å². The summed E-state index contributed by atoms with van der Waals surface area (Å²) in [5.41, 5.74) is 1.19. The lowest BCUT2D eigenvalue weighted by Gasteiger charge is -2.30. The predicted molar refractivity (Wildman–Crippen MR) is 104 cm³/mol. The Bertz CT molecular complexity index is 901. The number of sulfone groups is 1. The van der Waals surface area contributed by atoms with E-state index in [9.17, 15) is 22.0 Å². The zero-order valence-corrected chi connectivity index (χ0v) is 17.3. The third-order valence-electron chi connectivity index (χ3n) is 4.21. The minimum absolute atomic E-state index is 0.225. The van der Waals surface area contributed by atoms with Crippen LogP contribution < -0.4 is 0 Å². The fraction of sp³-hybridized carbons (Fsp3) is 0.316. The van der Waals surface area contributed by atoms with Crippen molar-refractivity contribution in [2.45, 2.75) is 37.0 Å². The molecular weight excluding hydrogens is 440 g/mol. The molecular formula is C19H20BrF2NO3S. The molecule has 8 heteroatoms. The number of nitrogens with zero attached hydrogens (tertiary/aromatic N) is 1. The van der Waals surface area contributed by atoms with Crippen LogP contribution >= 0.6 is 15.9 Å². The SMILES string of the molecule is CCCN(C(=O)c1ccc(S(=O)(=O)C(F)F)cc1)C(C)c1ccccc1Br. The van der Waals surface area contributed by atoms with Crippen LogP contribution in [0.25, 0.3) is 0 Å². The van der Waals surface area contributed by atoms with Gasteiger partial charge in [0.05, 0.1) is 10.9 Å². The summed E-state index contributed by atoms with van der Waals surface area (Å²) in [6, 6.07) is 12.0. The monoisotopic (exact) mass is 459 g/mol. The highest BCUT2D eigenvalue weighted by molar-refractivity contribution is 9.10. The van der Waals surface area contributed by atoms with Gasteiger partial charge in [-0.05, 0) is 49.2 Å². The van der Waals surface area contributed by atoms with Crippen LogP contribution in [-0.2, 0) is 9.84 Å². The third kappa shape index (κ3) is 4.73. The summed E-state index contributed by atoms with van der Waals surface area (Å²) in [5.74, 6) is -3.79. The Kier molecular flexibility index (Phi) is 7.11. The molecule has 0 N–H and O–H groups in total. The topological polar surface area (TPSA) is 54.5 Å². The van der Waals surface area contributed by atoms with Crippen LogP contribution in [0.3, 0.4) is 0 Å². The maximum Gasteiger partial charge on any atom is 0.341 e. The average molecular weight is 460 g/mol. The Labute approximate surface area is 166 Å². The summed E-state index contributed by atoms with van der Waals surface area (Å²) in [6.07, 6.45) is 0.735. The van der Waals surface area contributed by atoms with Gasteiger partial charge in [-0.1, -0.05) is 41.1 Å². The van der Waals surface area contributed by atoms with E-state index >= 15 is 0 Å². The number of amides is 1. The molecule has 27 heavy (non-hydrogen) atoms. The molecule has 146 valence electrons. The first-order valence-corrected chi connectivity index (χ1v) is 10.7. The second-order valence-corrected chi connectivity index (χ2v) is 8.80. The number of alkyl halides is 2. The number of halogens is 3. The highest BCUT2D eigenvalue weighted by Gasteiger charge is 2.28. The largest absolute Gasteiger partial charge is 0.341 e. The van der Waals surface area contributed by atoms with Gasteiger partial charge in [-0.15, -0.1) is 0 Å². The van der Waals surface area contributed by atoms with Gasteiger partial charge in [-0.3, -0.25) is 4.79 Å². The molecule has 0 heterocycles. The first-order valence-electron chi connectivity index (χ1n) is 8.37. The van der Waals surface area contributed by atoms with Gasteiger partial charge in [-0.25, -0.2) is 8.42 Å². The Morgan fingerprint density at radius 1 is 1.11 bits per heavy atom. The molecule has 1 amide bonds. The Hall–Kier alpha value is -1.80. The Morgan fingerprint density at radius 2 is 1.70 bits per heavy atom. The number of hydrogen-bond donors (Lipinski definition) is 0. The minimum atomic E-state index is -4.68. The quantitative estimate of drug-likeness (QED) is 0.581. The van der Waals surface area contributed by atoms with Gasteiger partial charge in [0.1, 0.15) is 0 Å². The summed E-state index contributed by atoms with van der Waals surface area (Å²) in [7, 11) is -4.68. The molecule has 2 aromatic rings. The molecule has 0 saturated heterocycles. The maximum absolute atomic E-state index is 13.0. The van der Waals surface area contributed by atoms with Crippen LogP contribution in [0.15, 0.2) is 57.9 Å². The molecule has 1 atom stereocenters. The highest BCUT2D eigenvalue weighted by Crippen LogP contribution is 2.29. The van der Waals surface area contributed by atoms with Crippen LogP contribution in [0.5, 0.6) is 0 Å². The van der Waals surface area contributed by atoms with E-state index in [0.717, 1.165) is 28.6 Å². The first-order chi connectivity index (χ1) is 12.7. The van der Waals surface area contributed by atoms with Crippen molar-refractivity contribution in [3.8, 4) is 0 Å². The number of hydrogen-bond acceptors (Lipinski definition) is 3. The van der Waals surface area contributed by atoms with Crippen molar-refractivity contribution in [1.82, 2.24) is 4.90 Å². The van der Waals surface area contributed by atoms with Gasteiger partial charge in [0, 0.05) is 16.6 Å². The molecule has 0 aromatic heterocycles. The lowest BCUT2D eigenvalue weighted by atomic mass is 10.1. The molecule has 1 unspecified atom stereocenters. The van der Waals surface area contributed by atoms with Crippen molar-refractivity contribution in [3.05, 3.63) is 64.1 Å². The van der Waals surface area contributed by atoms with E-state index in [0.29, 0.717) is 6.54 Å². The molecule has 0 radical (unpaired) electrons. The van der Waals surface area contributed by atoms with E-state index < -0.39 is 20.5 Å². The van der Waals surface area contributed by atoms with E-state index in [2.05, 4.69) is 15.9 Å². The number of benzene rings is 2. The van der Waals surface area contributed by atoms with Gasteiger partial charge >= 0.3 is 5.76 Å². The molecule has 0 spiro atoms. The van der Waals surface area contributed by atoms with Crippen molar-refractivity contribution in [1.29, 1.82) is 0 Å². The van der Waals surface area contributed by atoms with Crippen LogP contribution in [0.4, 0.5) is 8.78 Å². The lowest BCUT2D eigenvalue weighted by molar-refractivity contribution is 0.0690. The molecule has 0 aliphatic carbocycles. The summed E-state index contributed by atoms with van der Waals surface area (Å²) >= 11 is 3.49. The second kappa shape index (κ2) is 8.93. The van der Waals surface area contributed by atoms with Gasteiger partial charge in [-0.2, -0.15) is 8.78 Å². The molecule has 0 saturated carbocycles. The van der Waals surface area contributed by atoms with Crippen LogP contribution in [-0.4, -0.2) is 31.5 Å². The molecule has 2 aromatic carbocycles. The molecule has 0 aliphatic heterocycles. The summed E-state index contributed by atoms with van der Waals surface area (Å²) in [4.78, 5) is 14.1. The van der Waals surface area contributed by atoms with Crippen molar-refractivity contribution in [3.63, 3.8) is 0 Å². The fourth-order valence-corrected chi connectivity index (χ4v) is 4.09. The van der Waals surface area contributed by atoms with Crippen LogP contribution in [0.1, 0.15) is 42.2 Å². The van der Waals surface area contributed by atoms with Gasteiger partial charge in [0.25, 0.3) is 5.91 Å². The second-order valence-electron chi connectivity index (χ2n) is 6.03. The van der Waals surface area contributed by atoms with E-state index in [4.69, 9.17) is 0 Å². The zero-order chi connectivity index (χ0) is 20.2. The van der Waals surface area contributed by atoms with E-state index in [1.165, 1.54) is 12.1 Å². The minimum Gasteiger partial charge on any atom is -0.332 e. The molecule has 4 nitrogen and oxygen atoms in total. The zero-order valence-electron chi connectivity index (χ0n) is 14.9. The summed E-state index contributed by atoms with van der Waals surface area (Å²) < 4.78 is 49.2. The maximum atomic E-state index is 13.0. The molecule has 0 fully saturated rings. The van der Waals surface area contributed by atoms with Crippen LogP contribution in [0, 0.1) is 0 Å².